The predicted molar refractivity (Wildman–Crippen MR) is 190 cm³/mol. The first-order chi connectivity index (χ1) is 23.9. The average Bonchev–Trinajstić information content (AvgIpc) is 3.09. The van der Waals surface area contributed by atoms with Crippen LogP contribution >= 0.6 is 0 Å². The molecule has 2 atom stereocenters. The van der Waals surface area contributed by atoms with Crippen molar-refractivity contribution >= 4 is 39.3 Å². The van der Waals surface area contributed by atoms with Crippen LogP contribution < -0.4 is 0 Å². The highest BCUT2D eigenvalue weighted by Gasteiger charge is 2.22. The van der Waals surface area contributed by atoms with Crippen molar-refractivity contribution in [3.8, 4) is 0 Å². The summed E-state index contributed by atoms with van der Waals surface area (Å²) >= 11 is 0. The van der Waals surface area contributed by atoms with Crippen molar-refractivity contribution in [1.82, 2.24) is 0 Å². The Kier molecular flexibility index (Phi) is 26.2. The summed E-state index contributed by atoms with van der Waals surface area (Å²) in [6.07, 6.45) is 1.32. The van der Waals surface area contributed by atoms with Crippen molar-refractivity contribution in [3.63, 3.8) is 0 Å². The molecule has 51 heavy (non-hydrogen) atoms. The average molecular weight is 815 g/mol. The lowest BCUT2D eigenvalue weighted by Gasteiger charge is -2.20. The first kappa shape index (κ1) is 49.4. The maximum atomic E-state index is 11.8. The highest BCUT2D eigenvalue weighted by molar-refractivity contribution is 7.95. The minimum atomic E-state index is -3.76. The maximum Gasteiger partial charge on any atom is 0.200 e. The number of ether oxygens (including phenoxy) is 5. The van der Waals surface area contributed by atoms with Crippen molar-refractivity contribution in [3.05, 3.63) is 47.9 Å². The lowest BCUT2D eigenvalue weighted by atomic mass is 10.1. The Labute approximate surface area is 303 Å². The summed E-state index contributed by atoms with van der Waals surface area (Å²) in [7, 11) is -14.2. The van der Waals surface area contributed by atoms with Crippen LogP contribution in [-0.4, -0.2) is 134 Å². The van der Waals surface area contributed by atoms with Crippen LogP contribution in [0.5, 0.6) is 0 Å². The van der Waals surface area contributed by atoms with E-state index in [-0.39, 0.29) is 70.5 Å². The standard InChI is InChI=1S/C30H54O17S4/c1-7-48(31,32)23-21-39-15-11-13-29(14-12-16-40-22-24-49(33,34)8-2)42-19-17-41-18-20-43-30(25-44-46-27(5)50(35,36)9-3)26-45-47-28(6)51(37,38)10-4/h7-10,27-30H,1-4,11-26H2,5-6H3. The summed E-state index contributed by atoms with van der Waals surface area (Å²) in [5.74, 6) is -0.311. The predicted octanol–water partition coefficient (Wildman–Crippen LogP) is 2.19. The Morgan fingerprint density at radius 2 is 0.863 bits per heavy atom. The van der Waals surface area contributed by atoms with Gasteiger partial charge in [-0.15, -0.1) is 0 Å². The minimum absolute atomic E-state index is 0.0274. The molecular weight excluding hydrogens is 761 g/mol. The van der Waals surface area contributed by atoms with Crippen molar-refractivity contribution in [2.75, 3.05) is 77.6 Å². The second kappa shape index (κ2) is 27.1. The van der Waals surface area contributed by atoms with Crippen LogP contribution in [-0.2, 0) is 82.6 Å². The molecule has 0 fully saturated rings. The van der Waals surface area contributed by atoms with E-state index >= 15 is 0 Å². The molecule has 300 valence electrons. The Morgan fingerprint density at radius 1 is 0.490 bits per heavy atom. The van der Waals surface area contributed by atoms with Crippen molar-refractivity contribution in [2.24, 2.45) is 0 Å². The Bertz CT molecular complexity index is 1330. The van der Waals surface area contributed by atoms with E-state index in [9.17, 15) is 33.7 Å². The van der Waals surface area contributed by atoms with Gasteiger partial charge in [0.2, 0.25) is 19.7 Å². The van der Waals surface area contributed by atoms with Crippen LogP contribution in [0.15, 0.2) is 47.9 Å². The molecule has 0 aromatic carbocycles. The smallest absolute Gasteiger partial charge is 0.200 e. The normalized spacial score (nSPS) is 14.6. The topological polar surface area (TPSA) is 220 Å². The third-order valence-corrected chi connectivity index (χ3v) is 12.1. The zero-order valence-corrected chi connectivity index (χ0v) is 32.6. The van der Waals surface area contributed by atoms with Gasteiger partial charge in [-0.05, 0) is 39.5 Å². The fourth-order valence-corrected chi connectivity index (χ4v) is 5.36. The van der Waals surface area contributed by atoms with Gasteiger partial charge in [-0.25, -0.2) is 53.2 Å². The van der Waals surface area contributed by atoms with E-state index in [1.807, 2.05) is 0 Å². The molecule has 0 saturated carbocycles. The quantitative estimate of drug-likeness (QED) is 0.0503. The van der Waals surface area contributed by atoms with E-state index in [2.05, 4.69) is 26.3 Å². The molecule has 0 saturated heterocycles. The molecule has 0 aliphatic carbocycles. The molecule has 0 N–H and O–H groups in total. The fraction of sp³-hybridized carbons (Fsp3) is 0.733. The highest BCUT2D eigenvalue weighted by Crippen LogP contribution is 2.12. The van der Waals surface area contributed by atoms with Crippen LogP contribution in [0, 0.1) is 0 Å². The number of hydrogen-bond donors (Lipinski definition) is 0. The van der Waals surface area contributed by atoms with Crippen LogP contribution in [0.2, 0.25) is 0 Å². The molecule has 0 spiro atoms. The van der Waals surface area contributed by atoms with Gasteiger partial charge in [0, 0.05) is 34.8 Å². The Balaban J connectivity index is 4.80. The van der Waals surface area contributed by atoms with Gasteiger partial charge in [-0.2, -0.15) is 0 Å². The van der Waals surface area contributed by atoms with E-state index in [4.69, 9.17) is 43.2 Å². The fourth-order valence-electron chi connectivity index (χ4n) is 3.45. The van der Waals surface area contributed by atoms with E-state index in [1.54, 1.807) is 0 Å². The van der Waals surface area contributed by atoms with Gasteiger partial charge >= 0.3 is 0 Å². The molecule has 21 heteroatoms. The first-order valence-electron chi connectivity index (χ1n) is 15.9. The SMILES string of the molecule is C=CS(=O)(=O)CCOCCCC(CCCOCCS(=O)(=O)C=C)OCCOCCOC(COOC(C)S(=O)(=O)C=C)COOC(C)S(=O)(=O)C=C. The largest absolute Gasteiger partial charge is 0.380 e. The molecule has 0 amide bonds. The van der Waals surface area contributed by atoms with Gasteiger partial charge in [-0.1, -0.05) is 26.3 Å². The third kappa shape index (κ3) is 25.1. The zero-order valence-electron chi connectivity index (χ0n) is 29.3. The molecule has 0 bridgehead atoms. The molecule has 0 aliphatic rings. The number of hydrogen-bond acceptors (Lipinski definition) is 17. The van der Waals surface area contributed by atoms with E-state index < -0.39 is 56.3 Å². The first-order valence-corrected chi connectivity index (χ1v) is 22.6. The third-order valence-electron chi connectivity index (χ3n) is 6.63. The molecular formula is C30H54O17S4. The van der Waals surface area contributed by atoms with E-state index in [0.717, 1.165) is 21.6 Å². The summed E-state index contributed by atoms with van der Waals surface area (Å²) in [6.45, 7) is 16.1. The Hall–Kier alpha value is -1.60. The summed E-state index contributed by atoms with van der Waals surface area (Å²) in [5.41, 5.74) is -2.69. The van der Waals surface area contributed by atoms with Crippen molar-refractivity contribution < 1.29 is 76.9 Å². The zero-order chi connectivity index (χ0) is 38.8. The second-order valence-corrected chi connectivity index (χ2v) is 19.1. The summed E-state index contributed by atoms with van der Waals surface area (Å²) < 4.78 is 121. The number of rotatable bonds is 36. The van der Waals surface area contributed by atoms with E-state index in [0.29, 0.717) is 38.9 Å². The van der Waals surface area contributed by atoms with Crippen LogP contribution in [0.1, 0.15) is 39.5 Å². The van der Waals surface area contributed by atoms with E-state index in [1.165, 1.54) is 13.8 Å². The summed E-state index contributed by atoms with van der Waals surface area (Å²) in [6, 6.07) is 0. The highest BCUT2D eigenvalue weighted by atomic mass is 32.2. The number of sulfone groups is 4. The second-order valence-electron chi connectivity index (χ2n) is 10.6. The molecule has 2 unspecified atom stereocenters. The molecule has 17 nitrogen and oxygen atoms in total. The lowest BCUT2D eigenvalue weighted by Crippen LogP contribution is -2.30. The van der Waals surface area contributed by atoms with Gasteiger partial charge in [0.1, 0.15) is 19.3 Å². The van der Waals surface area contributed by atoms with Gasteiger partial charge in [0.15, 0.2) is 30.5 Å². The van der Waals surface area contributed by atoms with Crippen molar-refractivity contribution in [2.45, 2.75) is 62.6 Å². The van der Waals surface area contributed by atoms with Gasteiger partial charge in [0.25, 0.3) is 0 Å². The minimum Gasteiger partial charge on any atom is -0.380 e. The Morgan fingerprint density at radius 3 is 1.24 bits per heavy atom. The molecule has 0 rings (SSSR count). The summed E-state index contributed by atoms with van der Waals surface area (Å²) in [5, 5.41) is 3.24. The van der Waals surface area contributed by atoms with Gasteiger partial charge in [0.05, 0.1) is 57.3 Å². The molecule has 0 aliphatic heterocycles. The van der Waals surface area contributed by atoms with Crippen LogP contribution in [0.4, 0.5) is 0 Å². The van der Waals surface area contributed by atoms with Crippen molar-refractivity contribution in [1.29, 1.82) is 0 Å². The molecule has 0 radical (unpaired) electrons. The molecule has 0 aromatic heterocycles. The lowest BCUT2D eigenvalue weighted by molar-refractivity contribution is -0.342. The summed E-state index contributed by atoms with van der Waals surface area (Å²) in [4.78, 5) is 19.8. The molecule has 0 heterocycles. The van der Waals surface area contributed by atoms with Crippen LogP contribution in [0.25, 0.3) is 0 Å². The van der Waals surface area contributed by atoms with Crippen LogP contribution in [0.3, 0.4) is 0 Å². The monoisotopic (exact) mass is 814 g/mol. The molecule has 0 aromatic rings. The maximum absolute atomic E-state index is 11.8. The van der Waals surface area contributed by atoms with Gasteiger partial charge in [-0.3, -0.25) is 0 Å². The van der Waals surface area contributed by atoms with Gasteiger partial charge < -0.3 is 23.7 Å².